The molecule has 0 unspecified atom stereocenters. The van der Waals surface area contributed by atoms with Crippen LogP contribution in [0.3, 0.4) is 0 Å². The van der Waals surface area contributed by atoms with Crippen LogP contribution in [0.4, 0.5) is 5.13 Å². The molecule has 3 N–H and O–H groups in total. The van der Waals surface area contributed by atoms with Crippen molar-refractivity contribution in [3.63, 3.8) is 0 Å². The molecule has 5 nitrogen and oxygen atoms in total. The van der Waals surface area contributed by atoms with Crippen molar-refractivity contribution in [2.24, 2.45) is 0 Å². The number of hydrogen-bond donors (Lipinski definition) is 2. The summed E-state index contributed by atoms with van der Waals surface area (Å²) in [6.45, 7) is 4.05. The Kier molecular flexibility index (Phi) is 4.05. The van der Waals surface area contributed by atoms with Crippen LogP contribution < -0.4 is 5.73 Å². The first-order chi connectivity index (χ1) is 7.06. The third kappa shape index (κ3) is 2.90. The first-order valence-electron chi connectivity index (χ1n) is 4.69. The topological polar surface area (TPSA) is 79.5 Å². The van der Waals surface area contributed by atoms with Crippen LogP contribution in [0.2, 0.25) is 0 Å². The standard InChI is InChI=1S/C9H15N3O2S/c1-6(2)12(3-4-13)8(14)7-5-15-9(10)11-7/h5-6,13H,3-4H2,1-2H3,(H2,10,11). The maximum absolute atomic E-state index is 11.9. The smallest absolute Gasteiger partial charge is 0.273 e. The van der Waals surface area contributed by atoms with E-state index in [0.29, 0.717) is 17.4 Å². The number of rotatable bonds is 4. The molecule has 0 radical (unpaired) electrons. The van der Waals surface area contributed by atoms with Gasteiger partial charge >= 0.3 is 0 Å². The molecule has 1 rings (SSSR count). The van der Waals surface area contributed by atoms with Gasteiger partial charge in [0.25, 0.3) is 5.91 Å². The van der Waals surface area contributed by atoms with Gasteiger partial charge in [0.05, 0.1) is 6.61 Å². The lowest BCUT2D eigenvalue weighted by molar-refractivity contribution is 0.0660. The zero-order valence-electron chi connectivity index (χ0n) is 8.80. The summed E-state index contributed by atoms with van der Waals surface area (Å²) in [5, 5.41) is 10.9. The van der Waals surface area contributed by atoms with E-state index in [0.717, 1.165) is 0 Å². The summed E-state index contributed by atoms with van der Waals surface area (Å²) >= 11 is 1.24. The van der Waals surface area contributed by atoms with Gasteiger partial charge in [0, 0.05) is 18.0 Å². The van der Waals surface area contributed by atoms with E-state index >= 15 is 0 Å². The quantitative estimate of drug-likeness (QED) is 0.791. The normalized spacial score (nSPS) is 10.7. The fourth-order valence-corrected chi connectivity index (χ4v) is 1.77. The predicted molar refractivity (Wildman–Crippen MR) is 59.8 cm³/mol. The second-order valence-electron chi connectivity index (χ2n) is 3.39. The van der Waals surface area contributed by atoms with E-state index in [1.807, 2.05) is 13.8 Å². The second-order valence-corrected chi connectivity index (χ2v) is 4.28. The Labute approximate surface area is 92.5 Å². The Morgan fingerprint density at radius 2 is 2.40 bits per heavy atom. The number of anilines is 1. The first kappa shape index (κ1) is 11.9. The minimum Gasteiger partial charge on any atom is -0.395 e. The molecule has 0 aliphatic carbocycles. The predicted octanol–water partition coefficient (Wildman–Crippen LogP) is 0.568. The number of nitrogens with two attached hydrogens (primary N) is 1. The summed E-state index contributed by atoms with van der Waals surface area (Å²) in [6.07, 6.45) is 0. The van der Waals surface area contributed by atoms with Gasteiger partial charge in [-0.05, 0) is 13.8 Å². The molecular formula is C9H15N3O2S. The molecule has 1 aromatic rings. The molecule has 0 bridgehead atoms. The minimum absolute atomic E-state index is 0.0348. The largest absolute Gasteiger partial charge is 0.395 e. The van der Waals surface area contributed by atoms with Crippen molar-refractivity contribution in [2.75, 3.05) is 18.9 Å². The lowest BCUT2D eigenvalue weighted by Crippen LogP contribution is -2.39. The Morgan fingerprint density at radius 1 is 1.73 bits per heavy atom. The van der Waals surface area contributed by atoms with E-state index in [9.17, 15) is 4.79 Å². The molecule has 15 heavy (non-hydrogen) atoms. The molecule has 0 saturated heterocycles. The van der Waals surface area contributed by atoms with Crippen molar-refractivity contribution in [3.05, 3.63) is 11.1 Å². The summed E-state index contributed by atoms with van der Waals surface area (Å²) in [5.41, 5.74) is 5.80. The van der Waals surface area contributed by atoms with Crippen LogP contribution in [-0.4, -0.2) is 40.1 Å². The lowest BCUT2D eigenvalue weighted by atomic mass is 10.3. The third-order valence-corrected chi connectivity index (χ3v) is 2.64. The second kappa shape index (κ2) is 5.09. The molecule has 1 aromatic heterocycles. The highest BCUT2D eigenvalue weighted by molar-refractivity contribution is 7.13. The number of aliphatic hydroxyl groups is 1. The Bertz CT molecular complexity index is 338. The number of thiazole rings is 1. The number of aliphatic hydroxyl groups excluding tert-OH is 1. The Balaban J connectivity index is 2.80. The van der Waals surface area contributed by atoms with E-state index in [2.05, 4.69) is 4.98 Å². The Hall–Kier alpha value is -1.14. The van der Waals surface area contributed by atoms with Gasteiger partial charge in [-0.25, -0.2) is 4.98 Å². The number of hydrogen-bond acceptors (Lipinski definition) is 5. The highest BCUT2D eigenvalue weighted by Gasteiger charge is 2.20. The summed E-state index contributed by atoms with van der Waals surface area (Å²) in [5.74, 6) is -0.188. The van der Waals surface area contributed by atoms with Crippen LogP contribution in [0.25, 0.3) is 0 Å². The average Bonchev–Trinajstić information content (AvgIpc) is 2.59. The highest BCUT2D eigenvalue weighted by Crippen LogP contribution is 2.14. The number of carbonyl (C=O) groups is 1. The maximum Gasteiger partial charge on any atom is 0.273 e. The number of nitrogens with zero attached hydrogens (tertiary/aromatic N) is 2. The summed E-state index contributed by atoms with van der Waals surface area (Å²) in [4.78, 5) is 17.4. The van der Waals surface area contributed by atoms with Crippen LogP contribution in [0.5, 0.6) is 0 Å². The van der Waals surface area contributed by atoms with Gasteiger partial charge in [0.2, 0.25) is 0 Å². The van der Waals surface area contributed by atoms with Crippen molar-refractivity contribution in [1.82, 2.24) is 9.88 Å². The molecule has 0 aromatic carbocycles. The van der Waals surface area contributed by atoms with E-state index in [4.69, 9.17) is 10.8 Å². The molecule has 6 heteroatoms. The van der Waals surface area contributed by atoms with E-state index in [1.54, 1.807) is 10.3 Å². The molecule has 84 valence electrons. The van der Waals surface area contributed by atoms with E-state index in [1.165, 1.54) is 11.3 Å². The highest BCUT2D eigenvalue weighted by atomic mass is 32.1. The molecular weight excluding hydrogens is 214 g/mol. The molecule has 0 spiro atoms. The van der Waals surface area contributed by atoms with Gasteiger partial charge in [-0.2, -0.15) is 0 Å². The fraction of sp³-hybridized carbons (Fsp3) is 0.556. The van der Waals surface area contributed by atoms with Crippen LogP contribution in [0.1, 0.15) is 24.3 Å². The van der Waals surface area contributed by atoms with Crippen LogP contribution >= 0.6 is 11.3 Å². The molecule has 1 amide bonds. The van der Waals surface area contributed by atoms with Gasteiger partial charge in [-0.1, -0.05) is 0 Å². The number of aromatic nitrogens is 1. The number of nitrogen functional groups attached to an aromatic ring is 1. The molecule has 0 saturated carbocycles. The molecule has 1 heterocycles. The Morgan fingerprint density at radius 3 is 2.80 bits per heavy atom. The molecule has 0 aliphatic rings. The van der Waals surface area contributed by atoms with Crippen LogP contribution in [0, 0.1) is 0 Å². The zero-order chi connectivity index (χ0) is 11.4. The van der Waals surface area contributed by atoms with Gasteiger partial charge in [-0.3, -0.25) is 4.79 Å². The van der Waals surface area contributed by atoms with Crippen molar-refractivity contribution in [3.8, 4) is 0 Å². The van der Waals surface area contributed by atoms with Crippen LogP contribution in [-0.2, 0) is 0 Å². The number of carbonyl (C=O) groups excluding carboxylic acids is 1. The van der Waals surface area contributed by atoms with Crippen molar-refractivity contribution >= 4 is 22.4 Å². The van der Waals surface area contributed by atoms with Gasteiger partial charge in [-0.15, -0.1) is 11.3 Å². The fourth-order valence-electron chi connectivity index (χ4n) is 1.23. The monoisotopic (exact) mass is 229 g/mol. The lowest BCUT2D eigenvalue weighted by Gasteiger charge is -2.24. The van der Waals surface area contributed by atoms with Crippen molar-refractivity contribution < 1.29 is 9.90 Å². The van der Waals surface area contributed by atoms with E-state index in [-0.39, 0.29) is 18.6 Å². The maximum atomic E-state index is 11.9. The third-order valence-electron chi connectivity index (χ3n) is 1.97. The van der Waals surface area contributed by atoms with Crippen molar-refractivity contribution in [2.45, 2.75) is 19.9 Å². The van der Waals surface area contributed by atoms with E-state index < -0.39 is 0 Å². The number of amides is 1. The summed E-state index contributed by atoms with van der Waals surface area (Å²) in [7, 11) is 0. The zero-order valence-corrected chi connectivity index (χ0v) is 9.62. The molecule has 0 atom stereocenters. The first-order valence-corrected chi connectivity index (χ1v) is 5.57. The molecule has 0 aliphatic heterocycles. The van der Waals surface area contributed by atoms with Gasteiger partial charge in [0.1, 0.15) is 5.69 Å². The van der Waals surface area contributed by atoms with Gasteiger partial charge in [0.15, 0.2) is 5.13 Å². The summed E-state index contributed by atoms with van der Waals surface area (Å²) in [6, 6.07) is 0.0348. The average molecular weight is 229 g/mol. The van der Waals surface area contributed by atoms with Crippen molar-refractivity contribution in [1.29, 1.82) is 0 Å². The summed E-state index contributed by atoms with van der Waals surface area (Å²) < 4.78 is 0. The SMILES string of the molecule is CC(C)N(CCO)C(=O)c1csc(N)n1. The minimum atomic E-state index is -0.188. The van der Waals surface area contributed by atoms with Gasteiger partial charge < -0.3 is 15.7 Å². The van der Waals surface area contributed by atoms with Crippen LogP contribution in [0.15, 0.2) is 5.38 Å². The molecule has 0 fully saturated rings.